The molecular weight excluding hydrogens is 406 g/mol. The predicted molar refractivity (Wildman–Crippen MR) is 118 cm³/mol. The molecule has 2 heterocycles. The quantitative estimate of drug-likeness (QED) is 0.488. The molecule has 0 aliphatic carbocycles. The van der Waals surface area contributed by atoms with Gasteiger partial charge in [0.25, 0.3) is 5.91 Å². The summed E-state index contributed by atoms with van der Waals surface area (Å²) >= 11 is 0. The van der Waals surface area contributed by atoms with Crippen molar-refractivity contribution in [3.8, 4) is 11.8 Å². The molecule has 2 aromatic carbocycles. The van der Waals surface area contributed by atoms with Gasteiger partial charge in [0.05, 0.1) is 23.0 Å². The number of pyridine rings is 1. The number of ether oxygens (including phenoxy) is 1. The van der Waals surface area contributed by atoms with Crippen molar-refractivity contribution in [3.63, 3.8) is 0 Å². The lowest BCUT2D eigenvalue weighted by molar-refractivity contribution is -0.119. The number of anilines is 1. The lowest BCUT2D eigenvalue weighted by Crippen LogP contribution is -2.23. The van der Waals surface area contributed by atoms with Crippen molar-refractivity contribution in [2.45, 2.75) is 13.8 Å². The normalized spacial score (nSPS) is 10.5. The minimum atomic E-state index is -0.627. The van der Waals surface area contributed by atoms with Crippen LogP contribution in [0.3, 0.4) is 0 Å². The Balaban J connectivity index is 1.52. The molecule has 0 saturated heterocycles. The molecule has 1 N–H and O–H groups in total. The summed E-state index contributed by atoms with van der Waals surface area (Å²) in [5.74, 6) is -1.00. The third-order valence-electron chi connectivity index (χ3n) is 4.79. The molecule has 8 heteroatoms. The van der Waals surface area contributed by atoms with E-state index in [2.05, 4.69) is 15.4 Å². The number of para-hydroxylation sites is 1. The van der Waals surface area contributed by atoms with Gasteiger partial charge in [-0.25, -0.2) is 9.48 Å². The first kappa shape index (κ1) is 20.8. The van der Waals surface area contributed by atoms with Gasteiger partial charge in [0.15, 0.2) is 12.4 Å². The summed E-state index contributed by atoms with van der Waals surface area (Å²) in [5.41, 5.74) is 3.54. The van der Waals surface area contributed by atoms with Crippen LogP contribution < -0.4 is 5.32 Å². The van der Waals surface area contributed by atoms with Crippen LogP contribution in [0.4, 0.5) is 5.82 Å². The van der Waals surface area contributed by atoms with E-state index in [0.29, 0.717) is 27.8 Å². The van der Waals surface area contributed by atoms with Gasteiger partial charge in [-0.15, -0.1) is 0 Å². The summed E-state index contributed by atoms with van der Waals surface area (Å²) in [6, 6.07) is 18.3. The number of benzene rings is 2. The summed E-state index contributed by atoms with van der Waals surface area (Å²) in [5, 5.41) is 16.8. The minimum Gasteiger partial charge on any atom is -0.452 e. The number of esters is 1. The number of carbonyl (C=O) groups excluding carboxylic acids is 2. The number of hydrogen-bond donors (Lipinski definition) is 1. The second-order valence-corrected chi connectivity index (χ2v) is 7.22. The molecular formula is C24H19N5O3. The zero-order chi connectivity index (χ0) is 22.7. The molecule has 0 spiro atoms. The molecule has 0 saturated carbocycles. The molecule has 0 radical (unpaired) electrons. The second-order valence-electron chi connectivity index (χ2n) is 7.22. The Labute approximate surface area is 184 Å². The zero-order valence-corrected chi connectivity index (χ0v) is 17.5. The lowest BCUT2D eigenvalue weighted by Gasteiger charge is -2.11. The van der Waals surface area contributed by atoms with Gasteiger partial charge in [0, 0.05) is 11.1 Å². The smallest absolute Gasteiger partial charge is 0.339 e. The van der Waals surface area contributed by atoms with Crippen molar-refractivity contribution in [3.05, 3.63) is 83.2 Å². The van der Waals surface area contributed by atoms with Crippen LogP contribution in [0.25, 0.3) is 16.6 Å². The Bertz CT molecular complexity index is 1370. The van der Waals surface area contributed by atoms with Crippen LogP contribution in [0.5, 0.6) is 0 Å². The lowest BCUT2D eigenvalue weighted by atomic mass is 10.1. The molecule has 32 heavy (non-hydrogen) atoms. The summed E-state index contributed by atoms with van der Waals surface area (Å²) in [4.78, 5) is 29.7. The maximum atomic E-state index is 12.7. The molecule has 0 unspecified atom stereocenters. The monoisotopic (exact) mass is 425 g/mol. The molecule has 0 aliphatic rings. The number of nitriles is 1. The van der Waals surface area contributed by atoms with Crippen LogP contribution in [0.2, 0.25) is 0 Å². The number of rotatable bonds is 5. The second kappa shape index (κ2) is 8.70. The zero-order valence-electron chi connectivity index (χ0n) is 17.5. The number of fused-ring (bicyclic) bond motifs is 1. The Morgan fingerprint density at radius 1 is 1.12 bits per heavy atom. The van der Waals surface area contributed by atoms with Crippen molar-refractivity contribution < 1.29 is 14.3 Å². The Hall–Kier alpha value is -4.51. The van der Waals surface area contributed by atoms with E-state index in [4.69, 9.17) is 4.74 Å². The fourth-order valence-corrected chi connectivity index (χ4v) is 3.33. The van der Waals surface area contributed by atoms with Crippen LogP contribution in [0.1, 0.15) is 27.2 Å². The first-order chi connectivity index (χ1) is 15.5. The number of carbonyl (C=O) groups is 2. The summed E-state index contributed by atoms with van der Waals surface area (Å²) in [6.07, 6.45) is 1.36. The van der Waals surface area contributed by atoms with E-state index in [1.807, 2.05) is 49.4 Å². The van der Waals surface area contributed by atoms with Crippen molar-refractivity contribution in [1.82, 2.24) is 14.8 Å². The van der Waals surface area contributed by atoms with E-state index in [9.17, 15) is 14.9 Å². The van der Waals surface area contributed by atoms with E-state index in [-0.39, 0.29) is 11.4 Å². The Morgan fingerprint density at radius 2 is 1.91 bits per heavy atom. The molecule has 1 amide bonds. The number of aryl methyl sites for hydroxylation is 2. The summed E-state index contributed by atoms with van der Waals surface area (Å²) in [7, 11) is 0. The number of hydrogen-bond acceptors (Lipinski definition) is 6. The van der Waals surface area contributed by atoms with Crippen LogP contribution in [-0.4, -0.2) is 33.2 Å². The highest BCUT2D eigenvalue weighted by molar-refractivity contribution is 6.04. The molecule has 4 aromatic rings. The molecule has 158 valence electrons. The van der Waals surface area contributed by atoms with Crippen LogP contribution in [0.15, 0.2) is 60.8 Å². The van der Waals surface area contributed by atoms with Crippen LogP contribution in [-0.2, 0) is 9.53 Å². The van der Waals surface area contributed by atoms with Gasteiger partial charge in [-0.1, -0.05) is 29.8 Å². The highest BCUT2D eigenvalue weighted by Gasteiger charge is 2.18. The van der Waals surface area contributed by atoms with Crippen molar-refractivity contribution in [2.75, 3.05) is 11.9 Å². The Morgan fingerprint density at radius 3 is 2.66 bits per heavy atom. The first-order valence-electron chi connectivity index (χ1n) is 9.85. The van der Waals surface area contributed by atoms with Gasteiger partial charge in [0.1, 0.15) is 11.6 Å². The highest BCUT2D eigenvalue weighted by atomic mass is 16.5. The summed E-state index contributed by atoms with van der Waals surface area (Å²) < 4.78 is 6.71. The molecule has 0 fully saturated rings. The number of nitrogens with zero attached hydrogens (tertiary/aromatic N) is 4. The molecule has 2 aromatic heterocycles. The van der Waals surface area contributed by atoms with Crippen molar-refractivity contribution >= 4 is 28.6 Å². The van der Waals surface area contributed by atoms with E-state index in [1.165, 1.54) is 10.9 Å². The maximum absolute atomic E-state index is 12.7. The van der Waals surface area contributed by atoms with Gasteiger partial charge in [-0.3, -0.25) is 9.78 Å². The topological polar surface area (TPSA) is 110 Å². The average Bonchev–Trinajstić information content (AvgIpc) is 3.20. The predicted octanol–water partition coefficient (Wildman–Crippen LogP) is 3.70. The number of nitrogens with one attached hydrogen (secondary N) is 1. The van der Waals surface area contributed by atoms with Crippen molar-refractivity contribution in [1.29, 1.82) is 5.26 Å². The SMILES string of the molecule is Cc1ccc2nc(C)cc(C(=O)OCC(=O)Nc3c(C#N)cnn3-c3ccccc3)c2c1. The molecule has 4 rings (SSSR count). The van der Waals surface area contributed by atoms with Gasteiger partial charge >= 0.3 is 5.97 Å². The molecule has 0 atom stereocenters. The first-order valence-corrected chi connectivity index (χ1v) is 9.85. The van der Waals surface area contributed by atoms with Crippen LogP contribution in [0, 0.1) is 25.2 Å². The largest absolute Gasteiger partial charge is 0.452 e. The van der Waals surface area contributed by atoms with E-state index in [1.54, 1.807) is 25.1 Å². The average molecular weight is 425 g/mol. The van der Waals surface area contributed by atoms with Gasteiger partial charge in [-0.05, 0) is 44.2 Å². The third kappa shape index (κ3) is 4.18. The van der Waals surface area contributed by atoms with E-state index >= 15 is 0 Å². The fourth-order valence-electron chi connectivity index (χ4n) is 3.33. The van der Waals surface area contributed by atoms with Crippen LogP contribution >= 0.6 is 0 Å². The van der Waals surface area contributed by atoms with E-state index < -0.39 is 18.5 Å². The van der Waals surface area contributed by atoms with Crippen molar-refractivity contribution in [2.24, 2.45) is 0 Å². The Kier molecular flexibility index (Phi) is 5.64. The molecule has 0 aliphatic heterocycles. The van der Waals surface area contributed by atoms with Gasteiger partial charge < -0.3 is 10.1 Å². The minimum absolute atomic E-state index is 0.194. The third-order valence-corrected chi connectivity index (χ3v) is 4.79. The molecule has 8 nitrogen and oxygen atoms in total. The molecule has 0 bridgehead atoms. The van der Waals surface area contributed by atoms with Gasteiger partial charge in [-0.2, -0.15) is 10.4 Å². The summed E-state index contributed by atoms with van der Waals surface area (Å²) in [6.45, 7) is 3.19. The fraction of sp³-hybridized carbons (Fsp3) is 0.125. The maximum Gasteiger partial charge on any atom is 0.339 e. The number of aromatic nitrogens is 3. The standard InChI is InChI=1S/C24H19N5O3/c1-15-8-9-21-19(10-15)20(11-16(2)27-21)24(31)32-14-22(30)28-23-17(12-25)13-26-29(23)18-6-4-3-5-7-18/h3-11,13H,14H2,1-2H3,(H,28,30). The highest BCUT2D eigenvalue weighted by Crippen LogP contribution is 2.22. The number of amides is 1. The van der Waals surface area contributed by atoms with Gasteiger partial charge in [0.2, 0.25) is 0 Å². The van der Waals surface area contributed by atoms with E-state index in [0.717, 1.165) is 5.56 Å².